The molecular formula is C19H28N4O4. The molecule has 1 fully saturated rings. The van der Waals surface area contributed by atoms with Gasteiger partial charge < -0.3 is 26.8 Å². The van der Waals surface area contributed by atoms with Gasteiger partial charge in [0.05, 0.1) is 6.54 Å². The van der Waals surface area contributed by atoms with Crippen LogP contribution in [0.1, 0.15) is 44.9 Å². The minimum absolute atomic E-state index is 0.0203. The lowest BCUT2D eigenvalue weighted by Crippen LogP contribution is -2.36. The Balaban J connectivity index is 1.90. The minimum atomic E-state index is -1.04. The molecular weight excluding hydrogens is 348 g/mol. The van der Waals surface area contributed by atoms with E-state index in [1.54, 1.807) is 24.3 Å². The summed E-state index contributed by atoms with van der Waals surface area (Å²) in [5.41, 5.74) is 5.86. The highest BCUT2D eigenvalue weighted by Crippen LogP contribution is 2.26. The Bertz CT molecular complexity index is 657. The number of anilines is 2. The molecule has 0 saturated heterocycles. The number of carbonyl (C=O) groups excluding carboxylic acids is 3. The number of amides is 4. The first-order valence-corrected chi connectivity index (χ1v) is 9.38. The van der Waals surface area contributed by atoms with Crippen LogP contribution in [0.25, 0.3) is 0 Å². The van der Waals surface area contributed by atoms with Gasteiger partial charge in [-0.25, -0.2) is 4.79 Å². The molecule has 0 aromatic heterocycles. The molecule has 1 atom stereocenters. The van der Waals surface area contributed by atoms with Crippen LogP contribution in [0.4, 0.5) is 16.2 Å². The standard InChI is InChI=1S/C19H28N4O4/c20-19(27)21-12-16(24)22-14-9-6-10-15(11-14)23-18(26)17(25)13-7-4-2-1-3-5-8-13/h6,9-11,13,17,25H,1-5,7-8,12H2,(H,22,24)(H,23,26)(H3,20,21,27). The van der Waals surface area contributed by atoms with Crippen LogP contribution in [0.3, 0.4) is 0 Å². The first-order chi connectivity index (χ1) is 13.0. The zero-order chi connectivity index (χ0) is 19.6. The van der Waals surface area contributed by atoms with E-state index in [0.29, 0.717) is 11.4 Å². The van der Waals surface area contributed by atoms with Gasteiger partial charge in [0.2, 0.25) is 5.91 Å². The van der Waals surface area contributed by atoms with Gasteiger partial charge >= 0.3 is 6.03 Å². The lowest BCUT2D eigenvalue weighted by molar-refractivity contribution is -0.127. The van der Waals surface area contributed by atoms with E-state index in [9.17, 15) is 19.5 Å². The molecule has 4 amide bonds. The number of hydrogen-bond acceptors (Lipinski definition) is 4. The number of nitrogens with one attached hydrogen (secondary N) is 3. The Kier molecular flexibility index (Phi) is 8.06. The smallest absolute Gasteiger partial charge is 0.312 e. The van der Waals surface area contributed by atoms with Gasteiger partial charge in [-0.1, -0.05) is 38.2 Å². The number of urea groups is 1. The maximum absolute atomic E-state index is 12.4. The van der Waals surface area contributed by atoms with E-state index in [1.165, 1.54) is 6.42 Å². The van der Waals surface area contributed by atoms with Crippen molar-refractivity contribution in [2.24, 2.45) is 11.7 Å². The molecule has 0 heterocycles. The molecule has 1 unspecified atom stereocenters. The van der Waals surface area contributed by atoms with Gasteiger partial charge in [0.15, 0.2) is 0 Å². The molecule has 6 N–H and O–H groups in total. The van der Waals surface area contributed by atoms with Crippen LogP contribution in [0, 0.1) is 5.92 Å². The summed E-state index contributed by atoms with van der Waals surface area (Å²) in [4.78, 5) is 34.8. The van der Waals surface area contributed by atoms with Crippen molar-refractivity contribution in [3.05, 3.63) is 24.3 Å². The van der Waals surface area contributed by atoms with Crippen LogP contribution >= 0.6 is 0 Å². The second kappa shape index (κ2) is 10.5. The molecule has 1 aromatic carbocycles. The Labute approximate surface area is 158 Å². The van der Waals surface area contributed by atoms with Crippen LogP contribution in [0.15, 0.2) is 24.3 Å². The summed E-state index contributed by atoms with van der Waals surface area (Å²) < 4.78 is 0. The minimum Gasteiger partial charge on any atom is -0.383 e. The summed E-state index contributed by atoms with van der Waals surface area (Å²) in [5.74, 6) is -0.890. The second-order valence-electron chi connectivity index (χ2n) is 6.89. The topological polar surface area (TPSA) is 134 Å². The largest absolute Gasteiger partial charge is 0.383 e. The lowest BCUT2D eigenvalue weighted by Gasteiger charge is -2.24. The maximum Gasteiger partial charge on any atom is 0.312 e. The van der Waals surface area contributed by atoms with Crippen LogP contribution in [-0.2, 0) is 9.59 Å². The quantitative estimate of drug-likeness (QED) is 0.519. The van der Waals surface area contributed by atoms with Crippen LogP contribution < -0.4 is 21.7 Å². The van der Waals surface area contributed by atoms with Crippen molar-refractivity contribution in [1.29, 1.82) is 0 Å². The van der Waals surface area contributed by atoms with Crippen LogP contribution in [0.2, 0.25) is 0 Å². The third-order valence-corrected chi connectivity index (χ3v) is 4.70. The lowest BCUT2D eigenvalue weighted by atomic mass is 9.87. The fraction of sp³-hybridized carbons (Fsp3) is 0.526. The number of rotatable bonds is 6. The van der Waals surface area contributed by atoms with Gasteiger partial charge in [0, 0.05) is 11.4 Å². The van der Waals surface area contributed by atoms with Crippen molar-refractivity contribution in [1.82, 2.24) is 5.32 Å². The van der Waals surface area contributed by atoms with Gasteiger partial charge in [0.25, 0.3) is 5.91 Å². The summed E-state index contributed by atoms with van der Waals surface area (Å²) >= 11 is 0. The zero-order valence-corrected chi connectivity index (χ0v) is 15.4. The number of aliphatic hydroxyl groups excluding tert-OH is 1. The molecule has 8 nitrogen and oxygen atoms in total. The number of nitrogens with two attached hydrogens (primary N) is 1. The number of hydrogen-bond donors (Lipinski definition) is 5. The van der Waals surface area contributed by atoms with Crippen molar-refractivity contribution in [3.63, 3.8) is 0 Å². The van der Waals surface area contributed by atoms with Crippen molar-refractivity contribution in [2.75, 3.05) is 17.2 Å². The summed E-state index contributed by atoms with van der Waals surface area (Å²) in [5, 5.41) is 17.9. The fourth-order valence-corrected chi connectivity index (χ4v) is 3.28. The summed E-state index contributed by atoms with van der Waals surface area (Å²) in [7, 11) is 0. The normalized spacial score (nSPS) is 16.5. The average molecular weight is 376 g/mol. The highest BCUT2D eigenvalue weighted by molar-refractivity contribution is 5.97. The molecule has 1 aliphatic carbocycles. The van der Waals surface area contributed by atoms with E-state index in [2.05, 4.69) is 16.0 Å². The van der Waals surface area contributed by atoms with Gasteiger partial charge in [-0.2, -0.15) is 0 Å². The van der Waals surface area contributed by atoms with E-state index in [-0.39, 0.29) is 12.5 Å². The molecule has 1 aliphatic rings. The number of benzene rings is 1. The summed E-state index contributed by atoms with van der Waals surface area (Å²) in [6.07, 6.45) is 6.28. The number of primary amides is 1. The molecule has 0 bridgehead atoms. The Morgan fingerprint density at radius 1 is 1.04 bits per heavy atom. The third kappa shape index (κ3) is 7.26. The van der Waals surface area contributed by atoms with Gasteiger partial charge in [-0.15, -0.1) is 0 Å². The third-order valence-electron chi connectivity index (χ3n) is 4.70. The number of aliphatic hydroxyl groups is 1. The monoisotopic (exact) mass is 376 g/mol. The molecule has 1 aromatic rings. The second-order valence-corrected chi connectivity index (χ2v) is 6.89. The Hall–Kier alpha value is -2.61. The van der Waals surface area contributed by atoms with Gasteiger partial charge in [-0.3, -0.25) is 9.59 Å². The van der Waals surface area contributed by atoms with Crippen LogP contribution in [-0.4, -0.2) is 35.6 Å². The SMILES string of the molecule is NC(=O)NCC(=O)Nc1cccc(NC(=O)C(O)C2CCCCCCC2)c1. The van der Waals surface area contributed by atoms with E-state index < -0.39 is 23.9 Å². The van der Waals surface area contributed by atoms with Crippen molar-refractivity contribution >= 4 is 29.2 Å². The highest BCUT2D eigenvalue weighted by atomic mass is 16.3. The van der Waals surface area contributed by atoms with E-state index >= 15 is 0 Å². The summed E-state index contributed by atoms with van der Waals surface area (Å²) in [6, 6.07) is 5.82. The average Bonchev–Trinajstić information content (AvgIpc) is 2.59. The first-order valence-electron chi connectivity index (χ1n) is 9.38. The molecule has 0 radical (unpaired) electrons. The zero-order valence-electron chi connectivity index (χ0n) is 15.4. The highest BCUT2D eigenvalue weighted by Gasteiger charge is 2.26. The van der Waals surface area contributed by atoms with E-state index in [4.69, 9.17) is 5.73 Å². The predicted octanol–water partition coefficient (Wildman–Crippen LogP) is 1.95. The van der Waals surface area contributed by atoms with Crippen LogP contribution in [0.5, 0.6) is 0 Å². The molecule has 148 valence electrons. The fourth-order valence-electron chi connectivity index (χ4n) is 3.28. The molecule has 27 heavy (non-hydrogen) atoms. The van der Waals surface area contributed by atoms with Crippen molar-refractivity contribution < 1.29 is 19.5 Å². The molecule has 2 rings (SSSR count). The maximum atomic E-state index is 12.4. The molecule has 1 saturated carbocycles. The summed E-state index contributed by atoms with van der Waals surface area (Å²) in [6.45, 7) is -0.244. The molecule has 0 aliphatic heterocycles. The number of carbonyl (C=O) groups is 3. The van der Waals surface area contributed by atoms with Crippen molar-refractivity contribution in [2.45, 2.75) is 51.0 Å². The van der Waals surface area contributed by atoms with Gasteiger partial charge in [0.1, 0.15) is 6.10 Å². The van der Waals surface area contributed by atoms with Crippen molar-refractivity contribution in [3.8, 4) is 0 Å². The molecule has 0 spiro atoms. The van der Waals surface area contributed by atoms with Gasteiger partial charge in [-0.05, 0) is 37.0 Å². The Morgan fingerprint density at radius 3 is 2.26 bits per heavy atom. The predicted molar refractivity (Wildman–Crippen MR) is 103 cm³/mol. The molecule has 8 heteroatoms. The van der Waals surface area contributed by atoms with E-state index in [0.717, 1.165) is 38.5 Å². The Morgan fingerprint density at radius 2 is 1.63 bits per heavy atom. The van der Waals surface area contributed by atoms with E-state index in [1.807, 2.05) is 0 Å². The first kappa shape index (κ1) is 20.7.